The van der Waals surface area contributed by atoms with Crippen LogP contribution in [0.3, 0.4) is 0 Å². The number of hydrogen-bond donors (Lipinski definition) is 0. The van der Waals surface area contributed by atoms with E-state index in [1.54, 1.807) is 35.7 Å². The number of sulfone groups is 1. The van der Waals surface area contributed by atoms with E-state index in [9.17, 15) is 13.2 Å². The molecule has 0 N–H and O–H groups in total. The largest absolute Gasteiger partial charge is 0.497 e. The van der Waals surface area contributed by atoms with Crippen LogP contribution in [-0.2, 0) is 14.6 Å². The van der Waals surface area contributed by atoms with Gasteiger partial charge in [-0.2, -0.15) is 0 Å². The molecule has 0 bridgehead atoms. The normalized spacial score (nSPS) is 19.2. The Morgan fingerprint density at radius 2 is 2.14 bits per heavy atom. The van der Waals surface area contributed by atoms with Crippen molar-refractivity contribution in [2.75, 3.05) is 12.9 Å². The van der Waals surface area contributed by atoms with Crippen LogP contribution in [0.25, 0.3) is 0 Å². The summed E-state index contributed by atoms with van der Waals surface area (Å²) in [5.41, 5.74) is 0.956. The molecule has 1 aromatic heterocycles. The van der Waals surface area contributed by atoms with Crippen LogP contribution in [0, 0.1) is 0 Å². The first kappa shape index (κ1) is 15.1. The summed E-state index contributed by atoms with van der Waals surface area (Å²) in [6.45, 7) is 0. The fourth-order valence-corrected chi connectivity index (χ4v) is 5.32. The fraction of sp³-hybridized carbons (Fsp3) is 0.267. The number of methoxy groups -OCH3 is 1. The molecule has 0 saturated heterocycles. The molecular weight excluding hydrogens is 324 g/mol. The lowest BCUT2D eigenvalue weighted by atomic mass is 10.1. The lowest BCUT2D eigenvalue weighted by Crippen LogP contribution is -2.22. The minimum absolute atomic E-state index is 0.00340. The van der Waals surface area contributed by atoms with Crippen LogP contribution in [-0.4, -0.2) is 27.2 Å². The highest BCUT2D eigenvalue weighted by Gasteiger charge is 2.33. The van der Waals surface area contributed by atoms with Crippen molar-refractivity contribution in [3.63, 3.8) is 0 Å². The zero-order valence-corrected chi connectivity index (χ0v) is 13.4. The number of carbonyl (C=O) groups is 1. The average Bonchev–Trinajstić information content (AvgIpc) is 3.01. The van der Waals surface area contributed by atoms with Gasteiger partial charge in [0.15, 0.2) is 9.84 Å². The maximum Gasteiger partial charge on any atom is 0.338 e. The fourth-order valence-electron chi connectivity index (χ4n) is 2.38. The SMILES string of the molecule is COc1cccc(C(=O)O[C@@H]2CCS(=O)(=O)c3sccc32)c1. The van der Waals surface area contributed by atoms with E-state index in [4.69, 9.17) is 9.47 Å². The highest BCUT2D eigenvalue weighted by Crippen LogP contribution is 2.38. The number of ether oxygens (including phenoxy) is 2. The van der Waals surface area contributed by atoms with Crippen LogP contribution in [0.2, 0.25) is 0 Å². The van der Waals surface area contributed by atoms with Gasteiger partial charge in [-0.1, -0.05) is 6.07 Å². The number of esters is 1. The van der Waals surface area contributed by atoms with E-state index >= 15 is 0 Å². The summed E-state index contributed by atoms with van der Waals surface area (Å²) in [6, 6.07) is 8.38. The molecule has 116 valence electrons. The first-order valence-corrected chi connectivity index (χ1v) is 9.19. The van der Waals surface area contributed by atoms with Gasteiger partial charge in [-0.25, -0.2) is 13.2 Å². The van der Waals surface area contributed by atoms with E-state index in [0.717, 1.165) is 0 Å². The Morgan fingerprint density at radius 3 is 2.91 bits per heavy atom. The molecule has 5 nitrogen and oxygen atoms in total. The highest BCUT2D eigenvalue weighted by molar-refractivity contribution is 7.93. The molecule has 7 heteroatoms. The van der Waals surface area contributed by atoms with Crippen molar-refractivity contribution in [1.82, 2.24) is 0 Å². The van der Waals surface area contributed by atoms with Gasteiger partial charge in [0.25, 0.3) is 0 Å². The third kappa shape index (κ3) is 2.74. The van der Waals surface area contributed by atoms with E-state index in [1.807, 2.05) is 0 Å². The third-order valence-electron chi connectivity index (χ3n) is 3.49. The number of thiophene rings is 1. The van der Waals surface area contributed by atoms with Crippen LogP contribution in [0.15, 0.2) is 39.9 Å². The maximum absolute atomic E-state index is 12.3. The zero-order chi connectivity index (χ0) is 15.7. The maximum atomic E-state index is 12.3. The molecule has 0 amide bonds. The van der Waals surface area contributed by atoms with Gasteiger partial charge in [0.1, 0.15) is 16.1 Å². The second kappa shape index (κ2) is 5.73. The summed E-state index contributed by atoms with van der Waals surface area (Å²) >= 11 is 1.17. The summed E-state index contributed by atoms with van der Waals surface area (Å²) < 4.78 is 34.8. The molecule has 3 rings (SSSR count). The highest BCUT2D eigenvalue weighted by atomic mass is 32.2. The molecule has 0 aliphatic carbocycles. The first-order chi connectivity index (χ1) is 10.5. The quantitative estimate of drug-likeness (QED) is 0.805. The van der Waals surface area contributed by atoms with E-state index in [2.05, 4.69) is 0 Å². The Hall–Kier alpha value is -1.86. The molecular formula is C15H14O5S2. The number of benzene rings is 1. The van der Waals surface area contributed by atoms with Crippen molar-refractivity contribution in [3.05, 3.63) is 46.8 Å². The van der Waals surface area contributed by atoms with Gasteiger partial charge in [0.2, 0.25) is 0 Å². The molecule has 0 saturated carbocycles. The van der Waals surface area contributed by atoms with Crippen LogP contribution >= 0.6 is 11.3 Å². The van der Waals surface area contributed by atoms with E-state index in [1.165, 1.54) is 18.4 Å². The van der Waals surface area contributed by atoms with Crippen molar-refractivity contribution >= 4 is 27.1 Å². The van der Waals surface area contributed by atoms with Gasteiger partial charge in [0, 0.05) is 12.0 Å². The molecule has 1 aliphatic rings. The van der Waals surface area contributed by atoms with Gasteiger partial charge >= 0.3 is 5.97 Å². The number of rotatable bonds is 3. The van der Waals surface area contributed by atoms with Crippen molar-refractivity contribution in [3.8, 4) is 5.75 Å². The molecule has 2 heterocycles. The van der Waals surface area contributed by atoms with Gasteiger partial charge < -0.3 is 9.47 Å². The standard InChI is InChI=1S/C15H14O5S2/c1-19-11-4-2-3-10(9-11)14(16)20-13-6-8-22(17,18)15-12(13)5-7-21-15/h2-5,7,9,13H,6,8H2,1H3/t13-/m1/s1. The second-order valence-electron chi connectivity index (χ2n) is 4.90. The molecule has 22 heavy (non-hydrogen) atoms. The Bertz CT molecular complexity index is 807. The molecule has 0 spiro atoms. The molecule has 0 unspecified atom stereocenters. The van der Waals surface area contributed by atoms with Crippen LogP contribution in [0.4, 0.5) is 0 Å². The Kier molecular flexibility index (Phi) is 3.92. The van der Waals surface area contributed by atoms with E-state index in [0.29, 0.717) is 21.1 Å². The zero-order valence-electron chi connectivity index (χ0n) is 11.8. The summed E-state index contributed by atoms with van der Waals surface area (Å²) in [7, 11) is -1.71. The van der Waals surface area contributed by atoms with Crippen molar-refractivity contribution < 1.29 is 22.7 Å². The lowest BCUT2D eigenvalue weighted by Gasteiger charge is -2.22. The third-order valence-corrected chi connectivity index (χ3v) is 6.84. The van der Waals surface area contributed by atoms with Crippen LogP contribution in [0.1, 0.15) is 28.4 Å². The topological polar surface area (TPSA) is 69.7 Å². The Labute approximate surface area is 132 Å². The molecule has 0 fully saturated rings. The van der Waals surface area contributed by atoms with Crippen molar-refractivity contribution in [2.24, 2.45) is 0 Å². The summed E-state index contributed by atoms with van der Waals surface area (Å²) in [5, 5.41) is 1.71. The Morgan fingerprint density at radius 1 is 1.32 bits per heavy atom. The molecule has 1 aliphatic heterocycles. The summed E-state index contributed by atoms with van der Waals surface area (Å²) in [5.74, 6) is 0.0774. The molecule has 2 aromatic rings. The van der Waals surface area contributed by atoms with E-state index < -0.39 is 21.9 Å². The predicted molar refractivity (Wildman–Crippen MR) is 82.1 cm³/mol. The lowest BCUT2D eigenvalue weighted by molar-refractivity contribution is 0.0279. The number of fused-ring (bicyclic) bond motifs is 1. The number of hydrogen-bond acceptors (Lipinski definition) is 6. The minimum Gasteiger partial charge on any atom is -0.497 e. The van der Waals surface area contributed by atoms with E-state index in [-0.39, 0.29) is 12.2 Å². The summed E-state index contributed by atoms with van der Waals surface area (Å²) in [4.78, 5) is 12.3. The van der Waals surface area contributed by atoms with Gasteiger partial charge in [0.05, 0.1) is 18.4 Å². The van der Waals surface area contributed by atoms with Gasteiger partial charge in [-0.05, 0) is 29.6 Å². The smallest absolute Gasteiger partial charge is 0.338 e. The summed E-state index contributed by atoms with van der Waals surface area (Å²) in [6.07, 6.45) is -0.245. The minimum atomic E-state index is -3.24. The van der Waals surface area contributed by atoms with Gasteiger partial charge in [-0.3, -0.25) is 0 Å². The Balaban J connectivity index is 1.84. The van der Waals surface area contributed by atoms with Crippen molar-refractivity contribution in [2.45, 2.75) is 16.7 Å². The predicted octanol–water partition coefficient (Wildman–Crippen LogP) is 2.83. The first-order valence-electron chi connectivity index (χ1n) is 6.66. The molecule has 0 radical (unpaired) electrons. The van der Waals surface area contributed by atoms with Crippen LogP contribution < -0.4 is 4.74 Å². The monoisotopic (exact) mass is 338 g/mol. The van der Waals surface area contributed by atoms with Gasteiger partial charge in [-0.15, -0.1) is 11.3 Å². The number of carbonyl (C=O) groups excluding carboxylic acids is 1. The van der Waals surface area contributed by atoms with Crippen LogP contribution in [0.5, 0.6) is 5.75 Å². The second-order valence-corrected chi connectivity index (χ2v) is 8.12. The molecule has 1 aromatic carbocycles. The van der Waals surface area contributed by atoms with Crippen molar-refractivity contribution in [1.29, 1.82) is 0 Å². The molecule has 1 atom stereocenters. The average molecular weight is 338 g/mol.